The standard InChI is InChI=1S/C12H18O3/c13-10-6-8-5-9(10)11(7-8)15-12-3-1-2-4-14-12/h8-9,11-12H,1-7H2/t8-,9+,11-,12?/m0/s1. The van der Waals surface area contributed by atoms with Crippen LogP contribution in [0.2, 0.25) is 0 Å². The van der Waals surface area contributed by atoms with Gasteiger partial charge in [-0.25, -0.2) is 0 Å². The minimum Gasteiger partial charge on any atom is -0.353 e. The molecule has 3 heteroatoms. The molecular formula is C12H18O3. The van der Waals surface area contributed by atoms with Gasteiger partial charge in [0.15, 0.2) is 6.29 Å². The van der Waals surface area contributed by atoms with Crippen molar-refractivity contribution in [3.05, 3.63) is 0 Å². The highest BCUT2D eigenvalue weighted by atomic mass is 16.7. The monoisotopic (exact) mass is 210 g/mol. The van der Waals surface area contributed by atoms with E-state index in [1.165, 1.54) is 6.42 Å². The summed E-state index contributed by atoms with van der Waals surface area (Å²) < 4.78 is 11.5. The van der Waals surface area contributed by atoms with Gasteiger partial charge in [0, 0.05) is 18.9 Å². The van der Waals surface area contributed by atoms with Gasteiger partial charge >= 0.3 is 0 Å². The number of carbonyl (C=O) groups excluding carboxylic acids is 1. The molecular weight excluding hydrogens is 192 g/mol. The van der Waals surface area contributed by atoms with Crippen molar-refractivity contribution in [1.82, 2.24) is 0 Å². The maximum Gasteiger partial charge on any atom is 0.157 e. The molecule has 0 radical (unpaired) electrons. The third kappa shape index (κ3) is 1.83. The van der Waals surface area contributed by atoms with Crippen molar-refractivity contribution in [2.24, 2.45) is 11.8 Å². The minimum absolute atomic E-state index is 0.0316. The SMILES string of the molecule is O=C1C[C@H]2C[C@H](OC3CCCCO3)[C@@H]1C2. The van der Waals surface area contributed by atoms with Gasteiger partial charge in [0.05, 0.1) is 6.10 Å². The fraction of sp³-hybridized carbons (Fsp3) is 0.917. The van der Waals surface area contributed by atoms with Crippen LogP contribution >= 0.6 is 0 Å². The van der Waals surface area contributed by atoms with Gasteiger partial charge in [-0.3, -0.25) is 4.79 Å². The second-order valence-corrected chi connectivity index (χ2v) is 5.09. The number of Topliss-reactive ketones (excluding diaryl/α,β-unsaturated/α-hetero) is 1. The van der Waals surface area contributed by atoms with Gasteiger partial charge in [-0.2, -0.15) is 0 Å². The fourth-order valence-corrected chi connectivity index (χ4v) is 3.21. The highest BCUT2D eigenvalue weighted by molar-refractivity contribution is 5.85. The van der Waals surface area contributed by atoms with E-state index in [1.807, 2.05) is 0 Å². The lowest BCUT2D eigenvalue weighted by molar-refractivity contribution is -0.196. The molecule has 0 aromatic rings. The Morgan fingerprint density at radius 3 is 2.87 bits per heavy atom. The summed E-state index contributed by atoms with van der Waals surface area (Å²) in [5.41, 5.74) is 0. The molecule has 3 nitrogen and oxygen atoms in total. The highest BCUT2D eigenvalue weighted by Crippen LogP contribution is 2.44. The molecule has 4 atom stereocenters. The number of fused-ring (bicyclic) bond motifs is 2. The molecule has 1 aliphatic heterocycles. The largest absolute Gasteiger partial charge is 0.353 e. The highest BCUT2D eigenvalue weighted by Gasteiger charge is 2.47. The third-order valence-corrected chi connectivity index (χ3v) is 3.97. The van der Waals surface area contributed by atoms with Gasteiger partial charge in [0.2, 0.25) is 0 Å². The summed E-state index contributed by atoms with van der Waals surface area (Å²) in [6.07, 6.45) is 6.43. The Bertz CT molecular complexity index is 258. The molecule has 2 aliphatic carbocycles. The summed E-state index contributed by atoms with van der Waals surface area (Å²) in [5, 5.41) is 0. The Labute approximate surface area is 90.1 Å². The van der Waals surface area contributed by atoms with Gasteiger partial charge in [-0.05, 0) is 38.0 Å². The second kappa shape index (κ2) is 3.87. The van der Waals surface area contributed by atoms with Crippen LogP contribution in [0.5, 0.6) is 0 Å². The topological polar surface area (TPSA) is 35.5 Å². The number of ketones is 1. The van der Waals surface area contributed by atoms with Crippen molar-refractivity contribution < 1.29 is 14.3 Å². The summed E-state index contributed by atoms with van der Waals surface area (Å²) >= 11 is 0. The van der Waals surface area contributed by atoms with Crippen LogP contribution in [0, 0.1) is 11.8 Å². The lowest BCUT2D eigenvalue weighted by Crippen LogP contribution is -2.34. The molecule has 0 spiro atoms. The van der Waals surface area contributed by atoms with Crippen LogP contribution in [-0.4, -0.2) is 24.8 Å². The van der Waals surface area contributed by atoms with E-state index in [1.54, 1.807) is 0 Å². The lowest BCUT2D eigenvalue weighted by Gasteiger charge is -2.29. The number of carbonyl (C=O) groups is 1. The zero-order chi connectivity index (χ0) is 10.3. The number of hydrogen-bond donors (Lipinski definition) is 0. The molecule has 1 saturated heterocycles. The van der Waals surface area contributed by atoms with E-state index in [0.717, 1.165) is 38.7 Å². The summed E-state index contributed by atoms with van der Waals surface area (Å²) in [5.74, 6) is 1.23. The first kappa shape index (κ1) is 9.79. The Kier molecular flexibility index (Phi) is 2.53. The van der Waals surface area contributed by atoms with E-state index in [2.05, 4.69) is 0 Å². The third-order valence-electron chi connectivity index (χ3n) is 3.97. The predicted molar refractivity (Wildman–Crippen MR) is 54.3 cm³/mol. The molecule has 0 aromatic heterocycles. The summed E-state index contributed by atoms with van der Waals surface area (Å²) in [7, 11) is 0. The van der Waals surface area contributed by atoms with Crippen LogP contribution in [-0.2, 0) is 14.3 Å². The van der Waals surface area contributed by atoms with Crippen molar-refractivity contribution >= 4 is 5.78 Å². The van der Waals surface area contributed by atoms with Crippen molar-refractivity contribution in [2.45, 2.75) is 50.9 Å². The van der Waals surface area contributed by atoms with Gasteiger partial charge < -0.3 is 9.47 Å². The van der Waals surface area contributed by atoms with Crippen LogP contribution < -0.4 is 0 Å². The van der Waals surface area contributed by atoms with Crippen molar-refractivity contribution in [1.29, 1.82) is 0 Å². The average Bonchev–Trinajstić information content (AvgIpc) is 2.77. The maximum absolute atomic E-state index is 11.6. The number of ether oxygens (including phenoxy) is 2. The van der Waals surface area contributed by atoms with E-state index < -0.39 is 0 Å². The molecule has 0 aromatic carbocycles. The van der Waals surface area contributed by atoms with Gasteiger partial charge in [0.1, 0.15) is 5.78 Å². The molecule has 1 heterocycles. The average molecular weight is 210 g/mol. The zero-order valence-corrected chi connectivity index (χ0v) is 8.98. The van der Waals surface area contributed by atoms with E-state index >= 15 is 0 Å². The van der Waals surface area contributed by atoms with Gasteiger partial charge in [0.25, 0.3) is 0 Å². The van der Waals surface area contributed by atoms with Crippen LogP contribution in [0.25, 0.3) is 0 Å². The Morgan fingerprint density at radius 1 is 1.27 bits per heavy atom. The van der Waals surface area contributed by atoms with Gasteiger partial charge in [-0.15, -0.1) is 0 Å². The van der Waals surface area contributed by atoms with Crippen LogP contribution in [0.15, 0.2) is 0 Å². The molecule has 2 bridgehead atoms. The molecule has 3 aliphatic rings. The molecule has 3 rings (SSSR count). The first-order valence-electron chi connectivity index (χ1n) is 6.12. The van der Waals surface area contributed by atoms with E-state index in [9.17, 15) is 4.79 Å². The molecule has 0 N–H and O–H groups in total. The van der Waals surface area contributed by atoms with E-state index in [0.29, 0.717) is 11.7 Å². The van der Waals surface area contributed by atoms with Gasteiger partial charge in [-0.1, -0.05) is 0 Å². The second-order valence-electron chi connectivity index (χ2n) is 5.09. The Balaban J connectivity index is 1.57. The van der Waals surface area contributed by atoms with Crippen molar-refractivity contribution in [2.75, 3.05) is 6.61 Å². The Hall–Kier alpha value is -0.410. The normalized spacial score (nSPS) is 44.9. The molecule has 15 heavy (non-hydrogen) atoms. The predicted octanol–water partition coefficient (Wildman–Crippen LogP) is 1.90. The number of hydrogen-bond acceptors (Lipinski definition) is 3. The van der Waals surface area contributed by atoms with E-state index in [4.69, 9.17) is 9.47 Å². The van der Waals surface area contributed by atoms with Crippen molar-refractivity contribution in [3.63, 3.8) is 0 Å². The Morgan fingerprint density at radius 2 is 2.20 bits per heavy atom. The van der Waals surface area contributed by atoms with Crippen LogP contribution in [0.4, 0.5) is 0 Å². The number of rotatable bonds is 2. The quantitative estimate of drug-likeness (QED) is 0.698. The van der Waals surface area contributed by atoms with Crippen LogP contribution in [0.3, 0.4) is 0 Å². The summed E-state index contributed by atoms with van der Waals surface area (Å²) in [4.78, 5) is 11.6. The molecule has 1 unspecified atom stereocenters. The smallest absolute Gasteiger partial charge is 0.157 e. The molecule has 3 fully saturated rings. The van der Waals surface area contributed by atoms with E-state index in [-0.39, 0.29) is 18.3 Å². The lowest BCUT2D eigenvalue weighted by atomic mass is 9.96. The first-order chi connectivity index (χ1) is 7.33. The summed E-state index contributed by atoms with van der Waals surface area (Å²) in [6.45, 7) is 0.819. The fourth-order valence-electron chi connectivity index (χ4n) is 3.21. The van der Waals surface area contributed by atoms with Crippen molar-refractivity contribution in [3.8, 4) is 0 Å². The minimum atomic E-state index is -0.0316. The molecule has 0 amide bonds. The summed E-state index contributed by atoms with van der Waals surface area (Å²) in [6, 6.07) is 0. The first-order valence-corrected chi connectivity index (χ1v) is 6.12. The maximum atomic E-state index is 11.6. The zero-order valence-electron chi connectivity index (χ0n) is 8.98. The van der Waals surface area contributed by atoms with Crippen LogP contribution in [0.1, 0.15) is 38.5 Å². The molecule has 2 saturated carbocycles. The molecule has 84 valence electrons.